The zero-order valence-electron chi connectivity index (χ0n) is 15.4. The lowest BCUT2D eigenvalue weighted by molar-refractivity contribution is -0.384. The second-order valence-corrected chi connectivity index (χ2v) is 7.47. The fourth-order valence-corrected chi connectivity index (χ4v) is 3.74. The summed E-state index contributed by atoms with van der Waals surface area (Å²) in [6, 6.07) is 6.67. The number of nitrogens with zero attached hydrogens (tertiary/aromatic N) is 1. The van der Waals surface area contributed by atoms with E-state index >= 15 is 0 Å². The Bertz CT molecular complexity index is 984. The van der Waals surface area contributed by atoms with Crippen molar-refractivity contribution >= 4 is 34.6 Å². The van der Waals surface area contributed by atoms with E-state index < -0.39 is 11.0 Å². The van der Waals surface area contributed by atoms with E-state index in [-0.39, 0.29) is 17.6 Å². The molecule has 1 aliphatic heterocycles. The van der Waals surface area contributed by atoms with Gasteiger partial charge in [-0.05, 0) is 37.6 Å². The van der Waals surface area contributed by atoms with E-state index in [1.807, 2.05) is 0 Å². The third-order valence-electron chi connectivity index (χ3n) is 4.24. The van der Waals surface area contributed by atoms with Crippen molar-refractivity contribution in [2.45, 2.75) is 18.9 Å². The molecule has 0 spiro atoms. The second-order valence-electron chi connectivity index (χ2n) is 6.41. The molecule has 1 saturated heterocycles. The van der Waals surface area contributed by atoms with Crippen molar-refractivity contribution in [3.63, 3.8) is 0 Å². The van der Waals surface area contributed by atoms with Gasteiger partial charge in [0.2, 0.25) is 0 Å². The number of thiophene rings is 1. The van der Waals surface area contributed by atoms with Gasteiger partial charge in [-0.1, -0.05) is 11.8 Å². The molecule has 1 aromatic heterocycles. The first kappa shape index (κ1) is 20.3. The first-order valence-electron chi connectivity index (χ1n) is 8.90. The molecule has 0 bridgehead atoms. The van der Waals surface area contributed by atoms with E-state index in [0.29, 0.717) is 27.5 Å². The van der Waals surface area contributed by atoms with Gasteiger partial charge in [0, 0.05) is 30.3 Å². The number of carbonyl (C=O) groups excluding carboxylic acids is 2. The Morgan fingerprint density at radius 2 is 2.03 bits per heavy atom. The lowest BCUT2D eigenvalue weighted by Gasteiger charge is -2.23. The van der Waals surface area contributed by atoms with Crippen LogP contribution in [0.2, 0.25) is 0 Å². The van der Waals surface area contributed by atoms with Crippen molar-refractivity contribution in [3.05, 3.63) is 55.8 Å². The molecule has 2 aromatic rings. The SMILES string of the molecule is NC(=O)Nc1cc(C#Cc2ccc([N+](=O)[O-])cc2)sc1C(=O)NC1CCCNC1. The van der Waals surface area contributed by atoms with E-state index in [1.165, 1.54) is 12.1 Å². The number of primary amides is 1. The van der Waals surface area contributed by atoms with Gasteiger partial charge in [-0.2, -0.15) is 0 Å². The van der Waals surface area contributed by atoms with Crippen molar-refractivity contribution in [1.82, 2.24) is 10.6 Å². The maximum Gasteiger partial charge on any atom is 0.316 e. The van der Waals surface area contributed by atoms with Gasteiger partial charge in [-0.3, -0.25) is 14.9 Å². The third-order valence-corrected chi connectivity index (χ3v) is 5.29. The van der Waals surface area contributed by atoms with E-state index in [9.17, 15) is 19.7 Å². The number of piperidine rings is 1. The first-order chi connectivity index (χ1) is 13.9. The van der Waals surface area contributed by atoms with Gasteiger partial charge >= 0.3 is 6.03 Å². The second kappa shape index (κ2) is 9.18. The molecular weight excluding hydrogens is 394 g/mol. The maximum atomic E-state index is 12.7. The van der Waals surface area contributed by atoms with Crippen molar-refractivity contribution in [2.75, 3.05) is 18.4 Å². The average Bonchev–Trinajstić information content (AvgIpc) is 3.09. The number of nitrogens with two attached hydrogens (primary N) is 1. The van der Waals surface area contributed by atoms with Crippen LogP contribution in [0.1, 0.15) is 33.0 Å². The highest BCUT2D eigenvalue weighted by Crippen LogP contribution is 2.27. The summed E-state index contributed by atoms with van der Waals surface area (Å²) in [7, 11) is 0. The van der Waals surface area contributed by atoms with E-state index in [2.05, 4.69) is 27.8 Å². The molecule has 0 saturated carbocycles. The Morgan fingerprint density at radius 3 is 2.66 bits per heavy atom. The molecule has 3 rings (SSSR count). The zero-order valence-corrected chi connectivity index (χ0v) is 16.2. The molecule has 3 amide bonds. The smallest absolute Gasteiger partial charge is 0.316 e. The van der Waals surface area contributed by atoms with Crippen LogP contribution in [0.5, 0.6) is 0 Å². The van der Waals surface area contributed by atoms with Gasteiger partial charge in [0.05, 0.1) is 15.5 Å². The van der Waals surface area contributed by atoms with Crippen LogP contribution in [0.4, 0.5) is 16.2 Å². The Kier molecular flexibility index (Phi) is 6.43. The van der Waals surface area contributed by atoms with Gasteiger partial charge in [0.15, 0.2) is 0 Å². The maximum absolute atomic E-state index is 12.7. The number of anilines is 1. The molecule has 1 aromatic carbocycles. The molecule has 1 atom stereocenters. The van der Waals surface area contributed by atoms with Crippen LogP contribution in [0.3, 0.4) is 0 Å². The predicted octanol–water partition coefficient (Wildman–Crippen LogP) is 2.03. The molecule has 9 nitrogen and oxygen atoms in total. The number of hydrogen-bond acceptors (Lipinski definition) is 6. The van der Waals surface area contributed by atoms with Gasteiger partial charge in [0.25, 0.3) is 11.6 Å². The molecule has 150 valence electrons. The Morgan fingerprint density at radius 1 is 1.28 bits per heavy atom. The standard InChI is InChI=1S/C19H19N5O4S/c20-19(26)23-16-10-15(8-5-12-3-6-14(7-4-12)24(27)28)29-17(16)18(25)22-13-2-1-9-21-11-13/h3-4,6-7,10,13,21H,1-2,9,11H2,(H,22,25)(H3,20,23,26). The van der Waals surface area contributed by atoms with E-state index in [0.717, 1.165) is 30.7 Å². The van der Waals surface area contributed by atoms with Gasteiger partial charge in [0.1, 0.15) is 4.88 Å². The molecule has 2 heterocycles. The number of nitrogens with one attached hydrogen (secondary N) is 3. The monoisotopic (exact) mass is 413 g/mol. The number of non-ortho nitro benzene ring substituents is 1. The number of amides is 3. The Labute approximate surface area is 170 Å². The van der Waals surface area contributed by atoms with Gasteiger partial charge < -0.3 is 21.7 Å². The summed E-state index contributed by atoms with van der Waals surface area (Å²) in [5.41, 5.74) is 6.09. The lowest BCUT2D eigenvalue weighted by atomic mass is 10.1. The average molecular weight is 413 g/mol. The van der Waals surface area contributed by atoms with E-state index in [1.54, 1.807) is 18.2 Å². The van der Waals surface area contributed by atoms with Gasteiger partial charge in [-0.25, -0.2) is 4.79 Å². The zero-order chi connectivity index (χ0) is 20.8. The topological polar surface area (TPSA) is 139 Å². The summed E-state index contributed by atoms with van der Waals surface area (Å²) in [6.45, 7) is 1.63. The summed E-state index contributed by atoms with van der Waals surface area (Å²) in [4.78, 5) is 35.1. The Balaban J connectivity index is 1.80. The summed E-state index contributed by atoms with van der Waals surface area (Å²) in [6.07, 6.45) is 1.86. The fraction of sp³-hybridized carbons (Fsp3) is 0.263. The minimum absolute atomic E-state index is 0.0178. The lowest BCUT2D eigenvalue weighted by Crippen LogP contribution is -2.45. The highest BCUT2D eigenvalue weighted by Gasteiger charge is 2.21. The number of nitro benzene ring substituents is 1. The fourth-order valence-electron chi connectivity index (χ4n) is 2.87. The number of rotatable bonds is 4. The molecule has 1 fully saturated rings. The van der Waals surface area contributed by atoms with Crippen molar-refractivity contribution in [3.8, 4) is 11.8 Å². The normalized spacial score (nSPS) is 15.7. The van der Waals surface area contributed by atoms with Crippen molar-refractivity contribution < 1.29 is 14.5 Å². The van der Waals surface area contributed by atoms with Crippen LogP contribution in [0, 0.1) is 22.0 Å². The molecule has 1 aliphatic rings. The van der Waals surface area contributed by atoms with Crippen LogP contribution >= 0.6 is 11.3 Å². The van der Waals surface area contributed by atoms with E-state index in [4.69, 9.17) is 5.73 Å². The molecule has 29 heavy (non-hydrogen) atoms. The minimum atomic E-state index is -0.772. The molecule has 1 unspecified atom stereocenters. The van der Waals surface area contributed by atoms with Crippen molar-refractivity contribution in [2.24, 2.45) is 5.73 Å². The van der Waals surface area contributed by atoms with Crippen molar-refractivity contribution in [1.29, 1.82) is 0 Å². The first-order valence-corrected chi connectivity index (χ1v) is 9.72. The van der Waals surface area contributed by atoms with Crippen LogP contribution in [-0.2, 0) is 0 Å². The molecule has 10 heteroatoms. The predicted molar refractivity (Wildman–Crippen MR) is 110 cm³/mol. The van der Waals surface area contributed by atoms with Crippen LogP contribution < -0.4 is 21.7 Å². The number of benzene rings is 1. The third kappa shape index (κ3) is 5.54. The summed E-state index contributed by atoms with van der Waals surface area (Å²) < 4.78 is 0. The number of urea groups is 1. The quantitative estimate of drug-likeness (QED) is 0.345. The summed E-state index contributed by atoms with van der Waals surface area (Å²) in [5.74, 6) is 5.51. The summed E-state index contributed by atoms with van der Waals surface area (Å²) >= 11 is 1.14. The number of hydrogen-bond donors (Lipinski definition) is 4. The van der Waals surface area contributed by atoms with Gasteiger partial charge in [-0.15, -0.1) is 11.3 Å². The van der Waals surface area contributed by atoms with Crippen LogP contribution in [0.25, 0.3) is 0 Å². The minimum Gasteiger partial charge on any atom is -0.351 e. The highest BCUT2D eigenvalue weighted by atomic mass is 32.1. The molecule has 0 radical (unpaired) electrons. The molecule has 0 aliphatic carbocycles. The number of carbonyl (C=O) groups is 2. The highest BCUT2D eigenvalue weighted by molar-refractivity contribution is 7.15. The Hall–Kier alpha value is -3.42. The number of nitro groups is 1. The van der Waals surface area contributed by atoms with Crippen LogP contribution in [-0.4, -0.2) is 36.0 Å². The molecule has 5 N–H and O–H groups in total. The molecular formula is C19H19N5O4S. The summed E-state index contributed by atoms with van der Waals surface area (Å²) in [5, 5.41) is 19.4. The van der Waals surface area contributed by atoms with Crippen LogP contribution in [0.15, 0.2) is 30.3 Å². The largest absolute Gasteiger partial charge is 0.351 e.